The second kappa shape index (κ2) is 6.63. The molecule has 1 atom stereocenters. The van der Waals surface area contributed by atoms with Crippen LogP contribution in [0.1, 0.15) is 23.6 Å². The maximum absolute atomic E-state index is 12.0. The molecule has 1 aliphatic rings. The van der Waals surface area contributed by atoms with Crippen molar-refractivity contribution in [2.24, 2.45) is 0 Å². The number of ether oxygens (including phenoxy) is 1. The molecule has 4 nitrogen and oxygen atoms in total. The number of para-hydroxylation sites is 1. The van der Waals surface area contributed by atoms with Crippen molar-refractivity contribution in [3.8, 4) is 5.75 Å². The molecule has 0 aliphatic carbocycles. The third-order valence-corrected chi connectivity index (χ3v) is 4.28. The summed E-state index contributed by atoms with van der Waals surface area (Å²) in [5.41, 5.74) is 2.31. The largest absolute Gasteiger partial charge is 0.493 e. The molecule has 110 valence electrons. The maximum atomic E-state index is 12.0. The van der Waals surface area contributed by atoms with Crippen LogP contribution in [0, 0.1) is 0 Å². The lowest BCUT2D eigenvalue weighted by atomic mass is 10.0. The van der Waals surface area contributed by atoms with Crippen LogP contribution in [0.25, 0.3) is 0 Å². The predicted octanol–water partition coefficient (Wildman–Crippen LogP) is 3.11. The Kier molecular flexibility index (Phi) is 4.40. The van der Waals surface area contributed by atoms with Gasteiger partial charge in [-0.1, -0.05) is 18.2 Å². The van der Waals surface area contributed by atoms with Crippen LogP contribution < -0.4 is 15.4 Å². The summed E-state index contributed by atoms with van der Waals surface area (Å²) in [5, 5.41) is 10.1. The van der Waals surface area contributed by atoms with Gasteiger partial charge in [0, 0.05) is 18.5 Å². The number of benzene rings is 1. The van der Waals surface area contributed by atoms with Crippen LogP contribution in [0.3, 0.4) is 0 Å². The molecule has 1 aromatic heterocycles. The van der Waals surface area contributed by atoms with Crippen LogP contribution >= 0.6 is 11.3 Å². The van der Waals surface area contributed by atoms with E-state index in [2.05, 4.69) is 22.1 Å². The Morgan fingerprint density at radius 2 is 2.24 bits per heavy atom. The number of hydrogen-bond acceptors (Lipinski definition) is 3. The van der Waals surface area contributed by atoms with E-state index < -0.39 is 0 Å². The van der Waals surface area contributed by atoms with Crippen LogP contribution in [0.5, 0.6) is 5.75 Å². The minimum Gasteiger partial charge on any atom is -0.493 e. The van der Waals surface area contributed by atoms with Gasteiger partial charge in [0.15, 0.2) is 0 Å². The molecule has 0 fully saturated rings. The molecule has 0 radical (unpaired) electrons. The van der Waals surface area contributed by atoms with E-state index in [0.717, 1.165) is 24.2 Å². The molecule has 0 bridgehead atoms. The van der Waals surface area contributed by atoms with E-state index in [4.69, 9.17) is 4.74 Å². The van der Waals surface area contributed by atoms with Crippen molar-refractivity contribution in [3.63, 3.8) is 0 Å². The monoisotopic (exact) mass is 302 g/mol. The van der Waals surface area contributed by atoms with Crippen LogP contribution in [0.4, 0.5) is 4.79 Å². The van der Waals surface area contributed by atoms with E-state index in [1.165, 1.54) is 5.56 Å². The summed E-state index contributed by atoms with van der Waals surface area (Å²) in [7, 11) is 0. The highest BCUT2D eigenvalue weighted by molar-refractivity contribution is 7.07. The molecule has 2 amide bonds. The molecule has 0 saturated heterocycles. The Labute approximate surface area is 128 Å². The van der Waals surface area contributed by atoms with Crippen LogP contribution in [0.2, 0.25) is 0 Å². The number of urea groups is 1. The molecule has 0 saturated carbocycles. The zero-order valence-electron chi connectivity index (χ0n) is 11.7. The fourth-order valence-corrected chi connectivity index (χ4v) is 3.16. The zero-order chi connectivity index (χ0) is 14.5. The van der Waals surface area contributed by atoms with E-state index in [-0.39, 0.29) is 12.1 Å². The topological polar surface area (TPSA) is 50.4 Å². The van der Waals surface area contributed by atoms with Crippen LogP contribution in [0.15, 0.2) is 41.1 Å². The quantitative estimate of drug-likeness (QED) is 0.911. The minimum absolute atomic E-state index is 0.0242. The molecule has 1 aromatic carbocycles. The summed E-state index contributed by atoms with van der Waals surface area (Å²) in [5.74, 6) is 0.868. The molecule has 2 N–H and O–H groups in total. The lowest BCUT2D eigenvalue weighted by Crippen LogP contribution is -2.40. The minimum atomic E-state index is -0.119. The van der Waals surface area contributed by atoms with Gasteiger partial charge in [-0.2, -0.15) is 11.3 Å². The molecular weight excluding hydrogens is 284 g/mol. The average molecular weight is 302 g/mol. The summed E-state index contributed by atoms with van der Waals surface area (Å²) in [6.45, 7) is 1.28. The Bertz CT molecular complexity index is 598. The zero-order valence-corrected chi connectivity index (χ0v) is 12.5. The first kappa shape index (κ1) is 13.9. The second-order valence-electron chi connectivity index (χ2n) is 5.01. The Balaban J connectivity index is 1.51. The lowest BCUT2D eigenvalue weighted by Gasteiger charge is -2.26. The van der Waals surface area contributed by atoms with E-state index in [0.29, 0.717) is 13.2 Å². The third-order valence-electron chi connectivity index (χ3n) is 3.54. The summed E-state index contributed by atoms with van der Waals surface area (Å²) in [6.07, 6.45) is 1.66. The molecular formula is C16H18N2O2S. The van der Waals surface area contributed by atoms with Gasteiger partial charge >= 0.3 is 6.03 Å². The molecule has 21 heavy (non-hydrogen) atoms. The number of nitrogens with one attached hydrogen (secondary N) is 2. The third kappa shape index (κ3) is 3.55. The van der Waals surface area contributed by atoms with E-state index in [1.54, 1.807) is 11.3 Å². The van der Waals surface area contributed by atoms with Gasteiger partial charge in [-0.25, -0.2) is 4.79 Å². The number of thiophene rings is 1. The van der Waals surface area contributed by atoms with Crippen LogP contribution in [-0.2, 0) is 6.42 Å². The molecule has 2 aromatic rings. The Morgan fingerprint density at radius 3 is 3.10 bits per heavy atom. The van der Waals surface area contributed by atoms with Crippen molar-refractivity contribution >= 4 is 17.4 Å². The second-order valence-corrected chi connectivity index (χ2v) is 5.79. The normalized spacial score (nSPS) is 16.7. The van der Waals surface area contributed by atoms with Gasteiger partial charge in [0.25, 0.3) is 0 Å². The average Bonchev–Trinajstić information content (AvgIpc) is 3.01. The van der Waals surface area contributed by atoms with E-state index in [1.807, 2.05) is 29.6 Å². The number of rotatable bonds is 4. The molecule has 3 rings (SSSR count). The van der Waals surface area contributed by atoms with Gasteiger partial charge < -0.3 is 15.4 Å². The molecule has 2 heterocycles. The first-order valence-corrected chi connectivity index (χ1v) is 8.04. The summed E-state index contributed by atoms with van der Waals surface area (Å²) >= 11 is 1.68. The molecule has 1 aliphatic heterocycles. The first-order chi connectivity index (χ1) is 10.3. The fraction of sp³-hybridized carbons (Fsp3) is 0.312. The molecule has 0 spiro atoms. The van der Waals surface area contributed by atoms with Gasteiger partial charge in [0.05, 0.1) is 12.6 Å². The van der Waals surface area contributed by atoms with E-state index >= 15 is 0 Å². The Hall–Kier alpha value is -2.01. The highest BCUT2D eigenvalue weighted by Gasteiger charge is 2.22. The van der Waals surface area contributed by atoms with Crippen molar-refractivity contribution in [1.29, 1.82) is 0 Å². The van der Waals surface area contributed by atoms with Gasteiger partial charge in [0.1, 0.15) is 5.75 Å². The number of hydrogen-bond donors (Lipinski definition) is 2. The Morgan fingerprint density at radius 1 is 1.33 bits per heavy atom. The van der Waals surface area contributed by atoms with Gasteiger partial charge in [-0.15, -0.1) is 0 Å². The maximum Gasteiger partial charge on any atom is 0.315 e. The smallest absolute Gasteiger partial charge is 0.315 e. The summed E-state index contributed by atoms with van der Waals surface area (Å²) < 4.78 is 5.59. The number of carbonyl (C=O) groups excluding carboxylic acids is 1. The molecule has 5 heteroatoms. The number of fused-ring (bicyclic) bond motifs is 1. The van der Waals surface area contributed by atoms with Crippen LogP contribution in [-0.4, -0.2) is 19.2 Å². The van der Waals surface area contributed by atoms with Crippen molar-refractivity contribution in [2.75, 3.05) is 13.2 Å². The standard InChI is InChI=1S/C16H18N2O2S/c19-16(17-8-5-12-7-10-21-11-12)18-14-6-9-20-15-4-2-1-3-13(14)15/h1-4,7,10-11,14H,5-6,8-9H2,(H2,17,18,19). The highest BCUT2D eigenvalue weighted by atomic mass is 32.1. The van der Waals surface area contributed by atoms with E-state index in [9.17, 15) is 4.79 Å². The number of amides is 2. The van der Waals surface area contributed by atoms with Gasteiger partial charge in [-0.05, 0) is 34.9 Å². The molecule has 1 unspecified atom stereocenters. The van der Waals surface area contributed by atoms with Crippen molar-refractivity contribution in [2.45, 2.75) is 18.9 Å². The lowest BCUT2D eigenvalue weighted by molar-refractivity contribution is 0.223. The van der Waals surface area contributed by atoms with Crippen molar-refractivity contribution in [1.82, 2.24) is 10.6 Å². The predicted molar refractivity (Wildman–Crippen MR) is 83.9 cm³/mol. The SMILES string of the molecule is O=C(NCCc1ccsc1)NC1CCOc2ccccc21. The summed E-state index contributed by atoms with van der Waals surface area (Å²) in [4.78, 5) is 12.0. The van der Waals surface area contributed by atoms with Crippen molar-refractivity contribution in [3.05, 3.63) is 52.2 Å². The van der Waals surface area contributed by atoms with Gasteiger partial charge in [-0.3, -0.25) is 0 Å². The highest BCUT2D eigenvalue weighted by Crippen LogP contribution is 2.31. The first-order valence-electron chi connectivity index (χ1n) is 7.10. The number of carbonyl (C=O) groups is 1. The van der Waals surface area contributed by atoms with Crippen molar-refractivity contribution < 1.29 is 9.53 Å². The van der Waals surface area contributed by atoms with Gasteiger partial charge in [0.2, 0.25) is 0 Å². The summed E-state index contributed by atoms with van der Waals surface area (Å²) in [6, 6.07) is 9.85. The fourth-order valence-electron chi connectivity index (χ4n) is 2.46.